The number of likely N-dealkylation sites (N-methyl/N-ethyl adjacent to an activating group) is 1. The van der Waals surface area contributed by atoms with Gasteiger partial charge in [0.1, 0.15) is 4.90 Å². The van der Waals surface area contributed by atoms with Gasteiger partial charge < -0.3 is 5.32 Å². The average Bonchev–Trinajstić information content (AvgIpc) is 2.60. The van der Waals surface area contributed by atoms with Crippen LogP contribution in [0.5, 0.6) is 0 Å². The summed E-state index contributed by atoms with van der Waals surface area (Å²) in [6, 6.07) is 9.73. The van der Waals surface area contributed by atoms with Crippen LogP contribution >= 0.6 is 0 Å². The maximum Gasteiger partial charge on any atom is 0.297 e. The molecule has 0 heterocycles. The van der Waals surface area contributed by atoms with Crippen LogP contribution in [0.2, 0.25) is 0 Å². The Labute approximate surface area is 161 Å². The molecule has 2 rings (SSSR count). The Kier molecular flexibility index (Phi) is 6.97. The number of nitrogens with one attached hydrogen (secondary N) is 1. The van der Waals surface area contributed by atoms with E-state index in [4.69, 9.17) is 0 Å². The van der Waals surface area contributed by atoms with Gasteiger partial charge >= 0.3 is 0 Å². The first-order valence-corrected chi connectivity index (χ1v) is 10.7. The molecule has 2 aromatic carbocycles. The Morgan fingerprint density at radius 2 is 1.74 bits per heavy atom. The minimum Gasteiger partial charge on any atom is -0.323 e. The predicted octanol–water partition coefficient (Wildman–Crippen LogP) is 3.78. The Morgan fingerprint density at radius 3 is 2.30 bits per heavy atom. The highest BCUT2D eigenvalue weighted by atomic mass is 32.2. The van der Waals surface area contributed by atoms with E-state index in [9.17, 15) is 17.8 Å². The third-order valence-electron chi connectivity index (χ3n) is 4.65. The molecule has 0 radical (unpaired) electrons. The fourth-order valence-electron chi connectivity index (χ4n) is 3.37. The molecule has 0 aliphatic rings. The number of amides is 1. The number of benzene rings is 2. The van der Waals surface area contributed by atoms with Crippen LogP contribution in [0.1, 0.15) is 34.1 Å². The smallest absolute Gasteiger partial charge is 0.297 e. The van der Waals surface area contributed by atoms with Crippen molar-refractivity contribution in [1.29, 1.82) is 0 Å². The number of carbonyl (C=O) groups excluding carboxylic acids is 1. The quantitative estimate of drug-likeness (QED) is 0.668. The monoisotopic (exact) mass is 392 g/mol. The molecule has 0 aliphatic carbocycles. The molecule has 0 aromatic heterocycles. The predicted molar refractivity (Wildman–Crippen MR) is 109 cm³/mol. The second-order valence-corrected chi connectivity index (χ2v) is 8.35. The average molecular weight is 393 g/mol. The molecule has 0 unspecified atom stereocenters. The fourth-order valence-corrected chi connectivity index (χ4v) is 4.23. The summed E-state index contributed by atoms with van der Waals surface area (Å²) < 4.78 is 33.9. The van der Waals surface area contributed by atoms with E-state index in [1.807, 2.05) is 32.6 Å². The number of nitrogens with zero attached hydrogens (tertiary/aromatic N) is 1. The molecule has 0 bridgehead atoms. The van der Waals surface area contributed by atoms with Crippen molar-refractivity contribution in [3.8, 4) is 0 Å². The number of rotatable bonds is 8. The molecule has 27 heavy (non-hydrogen) atoms. The Bertz CT molecular complexity index is 905. The summed E-state index contributed by atoms with van der Waals surface area (Å²) in [7, 11) is -4.51. The molecule has 1 atom stereocenters. The third kappa shape index (κ3) is 5.06. The summed E-state index contributed by atoms with van der Waals surface area (Å²) in [4.78, 5) is 14.8. The molecule has 0 saturated heterocycles. The van der Waals surface area contributed by atoms with Crippen molar-refractivity contribution in [1.82, 2.24) is 4.90 Å². The van der Waals surface area contributed by atoms with Gasteiger partial charge in [-0.2, -0.15) is 8.42 Å². The number of fused-ring (bicyclic) bond motifs is 1. The molecule has 2 aromatic rings. The van der Waals surface area contributed by atoms with Gasteiger partial charge in [0.25, 0.3) is 10.1 Å². The molecule has 0 spiro atoms. The van der Waals surface area contributed by atoms with Crippen molar-refractivity contribution in [2.75, 3.05) is 18.4 Å². The van der Waals surface area contributed by atoms with E-state index in [0.29, 0.717) is 36.2 Å². The van der Waals surface area contributed by atoms with E-state index in [1.165, 1.54) is 6.07 Å². The zero-order valence-electron chi connectivity index (χ0n) is 16.3. The van der Waals surface area contributed by atoms with Gasteiger partial charge in [0.05, 0.1) is 11.7 Å². The standard InChI is InChI=1S/C20H28N2O4S/c1-5-22(6-2)18(13-14(3)4)20(23)21-17-12-11-15-9-7-8-10-16(15)19(17)27(24,25)26/h7-12,14,18H,5-6,13H2,1-4H3,(H,21,23)(H,24,25,26)/t18-/m1/s1. The molecule has 1 amide bonds. The minimum atomic E-state index is -4.51. The fraction of sp³-hybridized carbons (Fsp3) is 0.450. The highest BCUT2D eigenvalue weighted by Gasteiger charge is 2.27. The lowest BCUT2D eigenvalue weighted by atomic mass is 10.0. The first-order chi connectivity index (χ1) is 12.7. The normalized spacial score (nSPS) is 13.3. The SMILES string of the molecule is CCN(CC)[C@H](CC(C)C)C(=O)Nc1ccc2ccccc2c1S(=O)(=O)O. The van der Waals surface area contributed by atoms with E-state index < -0.39 is 10.1 Å². The maximum atomic E-state index is 13.0. The molecule has 0 aliphatic heterocycles. The Hall–Kier alpha value is -1.96. The van der Waals surface area contributed by atoms with Crippen molar-refractivity contribution in [2.45, 2.75) is 45.1 Å². The summed E-state index contributed by atoms with van der Waals surface area (Å²) in [6.07, 6.45) is 0.655. The van der Waals surface area contributed by atoms with Gasteiger partial charge in [0.15, 0.2) is 0 Å². The zero-order valence-corrected chi connectivity index (χ0v) is 17.1. The second-order valence-electron chi connectivity index (χ2n) is 6.99. The van der Waals surface area contributed by atoms with Crippen LogP contribution in [0, 0.1) is 5.92 Å². The van der Waals surface area contributed by atoms with Crippen LogP contribution in [0.25, 0.3) is 10.8 Å². The molecular formula is C20H28N2O4S. The third-order valence-corrected chi connectivity index (χ3v) is 5.60. The lowest BCUT2D eigenvalue weighted by molar-refractivity contribution is -0.121. The van der Waals surface area contributed by atoms with Crippen molar-refractivity contribution < 1.29 is 17.8 Å². The molecule has 2 N–H and O–H groups in total. The molecule has 7 heteroatoms. The lowest BCUT2D eigenvalue weighted by Gasteiger charge is -2.30. The van der Waals surface area contributed by atoms with E-state index in [1.54, 1.807) is 30.3 Å². The number of hydrogen-bond acceptors (Lipinski definition) is 4. The van der Waals surface area contributed by atoms with Gasteiger partial charge in [-0.1, -0.05) is 58.0 Å². The van der Waals surface area contributed by atoms with Gasteiger partial charge in [0, 0.05) is 5.39 Å². The van der Waals surface area contributed by atoms with Crippen LogP contribution in [-0.4, -0.2) is 42.9 Å². The molecule has 0 fully saturated rings. The lowest BCUT2D eigenvalue weighted by Crippen LogP contribution is -2.44. The van der Waals surface area contributed by atoms with Gasteiger partial charge in [-0.3, -0.25) is 14.2 Å². The van der Waals surface area contributed by atoms with Crippen LogP contribution in [-0.2, 0) is 14.9 Å². The number of anilines is 1. The van der Waals surface area contributed by atoms with Crippen LogP contribution in [0.15, 0.2) is 41.3 Å². The van der Waals surface area contributed by atoms with Gasteiger partial charge in [-0.05, 0) is 36.9 Å². The van der Waals surface area contributed by atoms with Gasteiger partial charge in [-0.25, -0.2) is 0 Å². The number of carbonyl (C=O) groups is 1. The zero-order chi connectivity index (χ0) is 20.2. The highest BCUT2D eigenvalue weighted by Crippen LogP contribution is 2.31. The molecule has 148 valence electrons. The maximum absolute atomic E-state index is 13.0. The van der Waals surface area contributed by atoms with Gasteiger partial charge in [-0.15, -0.1) is 0 Å². The van der Waals surface area contributed by atoms with Crippen LogP contribution < -0.4 is 5.32 Å². The van der Waals surface area contributed by atoms with Crippen LogP contribution in [0.4, 0.5) is 5.69 Å². The second kappa shape index (κ2) is 8.82. The largest absolute Gasteiger partial charge is 0.323 e. The van der Waals surface area contributed by atoms with E-state index >= 15 is 0 Å². The first kappa shape index (κ1) is 21.3. The summed E-state index contributed by atoms with van der Waals surface area (Å²) in [6.45, 7) is 9.49. The van der Waals surface area contributed by atoms with Crippen molar-refractivity contribution in [3.63, 3.8) is 0 Å². The Balaban J connectivity index is 2.48. The summed E-state index contributed by atoms with van der Waals surface area (Å²) in [5.41, 5.74) is 0.0992. The van der Waals surface area contributed by atoms with Crippen LogP contribution in [0.3, 0.4) is 0 Å². The van der Waals surface area contributed by atoms with Crippen molar-refractivity contribution >= 4 is 32.5 Å². The van der Waals surface area contributed by atoms with Gasteiger partial charge in [0.2, 0.25) is 5.91 Å². The Morgan fingerprint density at radius 1 is 1.11 bits per heavy atom. The van der Waals surface area contributed by atoms with Crippen molar-refractivity contribution in [3.05, 3.63) is 36.4 Å². The first-order valence-electron chi connectivity index (χ1n) is 9.23. The highest BCUT2D eigenvalue weighted by molar-refractivity contribution is 7.86. The molecular weight excluding hydrogens is 364 g/mol. The summed E-state index contributed by atoms with van der Waals surface area (Å²) >= 11 is 0. The number of hydrogen-bond donors (Lipinski definition) is 2. The summed E-state index contributed by atoms with van der Waals surface area (Å²) in [5, 5.41) is 3.79. The minimum absolute atomic E-state index is 0.0992. The summed E-state index contributed by atoms with van der Waals surface area (Å²) in [5.74, 6) is 0.0339. The van der Waals surface area contributed by atoms with E-state index in [-0.39, 0.29) is 22.5 Å². The molecule has 6 nitrogen and oxygen atoms in total. The van der Waals surface area contributed by atoms with Crippen molar-refractivity contribution in [2.24, 2.45) is 5.92 Å². The topological polar surface area (TPSA) is 86.7 Å². The molecule has 0 saturated carbocycles. The van der Waals surface area contributed by atoms with E-state index in [0.717, 1.165) is 0 Å². The van der Waals surface area contributed by atoms with E-state index in [2.05, 4.69) is 5.32 Å².